The summed E-state index contributed by atoms with van der Waals surface area (Å²) in [5.41, 5.74) is 2.58. The molecule has 0 aliphatic carbocycles. The van der Waals surface area contributed by atoms with Crippen LogP contribution >= 0.6 is 34.8 Å². The number of ether oxygens (including phenoxy) is 3. The van der Waals surface area contributed by atoms with E-state index in [0.717, 1.165) is 5.56 Å². The average Bonchev–Trinajstić information content (AvgIpc) is 2.94. The van der Waals surface area contributed by atoms with Crippen LogP contribution in [0.4, 0.5) is 17.5 Å². The third-order valence-corrected chi connectivity index (χ3v) is 7.48. The van der Waals surface area contributed by atoms with Crippen LogP contribution in [0.5, 0.6) is 11.5 Å². The summed E-state index contributed by atoms with van der Waals surface area (Å²) in [6.07, 6.45) is 5.16. The van der Waals surface area contributed by atoms with Crippen molar-refractivity contribution in [2.75, 3.05) is 37.7 Å². The zero-order valence-corrected chi connectivity index (χ0v) is 23.4. The van der Waals surface area contributed by atoms with Gasteiger partial charge >= 0.3 is 0 Å². The number of amides is 1. The van der Waals surface area contributed by atoms with E-state index in [-0.39, 0.29) is 18.0 Å². The predicted molar refractivity (Wildman–Crippen MR) is 151 cm³/mol. The molecule has 0 radical (unpaired) electrons. The fraction of sp³-hybridized carbons (Fsp3) is 0.308. The Hall–Kier alpha value is -3.31. The Morgan fingerprint density at radius 2 is 1.87 bits per heavy atom. The molecule has 2 aliphatic rings. The molecule has 5 rings (SSSR count). The molecule has 2 atom stereocenters. The minimum absolute atomic E-state index is 0.171. The summed E-state index contributed by atoms with van der Waals surface area (Å²) in [7, 11) is 3.03. The first-order valence-corrected chi connectivity index (χ1v) is 13.1. The molecule has 2 N–H and O–H groups in total. The molecule has 204 valence electrons. The Morgan fingerprint density at radius 3 is 2.56 bits per heavy atom. The van der Waals surface area contributed by atoms with Gasteiger partial charge in [0.25, 0.3) is 0 Å². The topological polar surface area (TPSA) is 111 Å². The Morgan fingerprint density at radius 1 is 1.13 bits per heavy atom. The summed E-state index contributed by atoms with van der Waals surface area (Å²) in [5.74, 6) is 1.48. The number of aromatic nitrogens is 3. The van der Waals surface area contributed by atoms with Crippen molar-refractivity contribution in [1.82, 2.24) is 20.3 Å². The zero-order valence-electron chi connectivity index (χ0n) is 21.1. The van der Waals surface area contributed by atoms with Gasteiger partial charge in [0.05, 0.1) is 55.9 Å². The molecule has 0 saturated carbocycles. The van der Waals surface area contributed by atoms with Crippen molar-refractivity contribution >= 4 is 58.2 Å². The van der Waals surface area contributed by atoms with Crippen LogP contribution in [0.2, 0.25) is 15.1 Å². The van der Waals surface area contributed by atoms with E-state index in [0.29, 0.717) is 81.5 Å². The molecular weight excluding hydrogens is 567 g/mol. The van der Waals surface area contributed by atoms with Crippen molar-refractivity contribution < 1.29 is 19.0 Å². The fourth-order valence-electron chi connectivity index (χ4n) is 4.65. The number of carbonyl (C=O) groups excluding carboxylic acids is 1. The second-order valence-electron chi connectivity index (χ2n) is 8.87. The summed E-state index contributed by atoms with van der Waals surface area (Å²) in [5, 5.41) is 7.29. The quantitative estimate of drug-likeness (QED) is 0.365. The van der Waals surface area contributed by atoms with Gasteiger partial charge in [-0.2, -0.15) is 0 Å². The highest BCUT2D eigenvalue weighted by molar-refractivity contribution is 6.41. The summed E-state index contributed by atoms with van der Waals surface area (Å²) in [4.78, 5) is 27.8. The van der Waals surface area contributed by atoms with E-state index in [1.54, 1.807) is 24.5 Å². The van der Waals surface area contributed by atoms with Crippen LogP contribution in [-0.2, 0) is 16.1 Å². The molecule has 2 aromatic heterocycles. The fourth-order valence-corrected chi connectivity index (χ4v) is 5.51. The zero-order chi connectivity index (χ0) is 27.7. The molecule has 0 bridgehead atoms. The van der Waals surface area contributed by atoms with Gasteiger partial charge in [-0.05, 0) is 18.6 Å². The highest BCUT2D eigenvalue weighted by atomic mass is 35.5. The number of hydrogen-bond acceptors (Lipinski definition) is 9. The molecule has 0 unspecified atom stereocenters. The normalized spacial score (nSPS) is 18.0. The van der Waals surface area contributed by atoms with Crippen LogP contribution in [0.25, 0.3) is 11.3 Å². The van der Waals surface area contributed by atoms with Crippen molar-refractivity contribution in [3.8, 4) is 22.8 Å². The molecule has 10 nitrogen and oxygen atoms in total. The summed E-state index contributed by atoms with van der Waals surface area (Å²) < 4.78 is 16.6. The number of carbonyl (C=O) groups is 1. The van der Waals surface area contributed by atoms with Gasteiger partial charge in [0, 0.05) is 36.2 Å². The lowest BCUT2D eigenvalue weighted by Crippen LogP contribution is -2.52. The number of methoxy groups -OCH3 is 2. The first kappa shape index (κ1) is 27.3. The molecule has 4 heterocycles. The minimum Gasteiger partial charge on any atom is -0.495 e. The number of nitrogens with zero attached hydrogens (tertiary/aromatic N) is 4. The molecule has 39 heavy (non-hydrogen) atoms. The van der Waals surface area contributed by atoms with Crippen molar-refractivity contribution in [2.45, 2.75) is 25.0 Å². The average molecular weight is 592 g/mol. The summed E-state index contributed by atoms with van der Waals surface area (Å²) in [6, 6.07) is 3.00. The number of halogens is 3. The van der Waals surface area contributed by atoms with Crippen LogP contribution in [0.1, 0.15) is 12.0 Å². The van der Waals surface area contributed by atoms with Crippen molar-refractivity contribution in [3.05, 3.63) is 57.8 Å². The summed E-state index contributed by atoms with van der Waals surface area (Å²) in [6.45, 7) is 4.77. The highest BCUT2D eigenvalue weighted by Gasteiger charge is 2.33. The smallest absolute Gasteiger partial charge is 0.243 e. The van der Waals surface area contributed by atoms with E-state index in [1.807, 2.05) is 4.90 Å². The lowest BCUT2D eigenvalue weighted by atomic mass is 10.0. The molecule has 0 spiro atoms. The first-order chi connectivity index (χ1) is 18.8. The van der Waals surface area contributed by atoms with Gasteiger partial charge in [0.15, 0.2) is 0 Å². The van der Waals surface area contributed by atoms with Crippen LogP contribution < -0.4 is 25.0 Å². The van der Waals surface area contributed by atoms with E-state index >= 15 is 0 Å². The minimum atomic E-state index is -0.249. The van der Waals surface area contributed by atoms with E-state index in [2.05, 4.69) is 27.2 Å². The molecular formula is C26H25Cl3N6O4. The molecule has 1 aromatic carbocycles. The Balaban J connectivity index is 1.54. The number of pyridine rings is 1. The molecule has 1 fully saturated rings. The maximum absolute atomic E-state index is 11.9. The van der Waals surface area contributed by atoms with Gasteiger partial charge in [0.2, 0.25) is 11.9 Å². The molecule has 1 saturated heterocycles. The van der Waals surface area contributed by atoms with Crippen molar-refractivity contribution in [3.63, 3.8) is 0 Å². The number of rotatable bonds is 7. The van der Waals surface area contributed by atoms with E-state index in [9.17, 15) is 4.79 Å². The van der Waals surface area contributed by atoms with E-state index < -0.39 is 0 Å². The molecule has 13 heteroatoms. The number of anilines is 3. The van der Waals surface area contributed by atoms with E-state index in [4.69, 9.17) is 54.0 Å². The first-order valence-electron chi connectivity index (χ1n) is 12.0. The maximum Gasteiger partial charge on any atom is 0.243 e. The van der Waals surface area contributed by atoms with Gasteiger partial charge in [-0.3, -0.25) is 4.79 Å². The lowest BCUT2D eigenvalue weighted by Gasteiger charge is -2.34. The number of nitrogens with one attached hydrogen (secondary N) is 2. The number of benzene rings is 1. The van der Waals surface area contributed by atoms with Crippen LogP contribution in [0.3, 0.4) is 0 Å². The molecule has 1 amide bonds. The highest BCUT2D eigenvalue weighted by Crippen LogP contribution is 2.51. The van der Waals surface area contributed by atoms with Gasteiger partial charge in [-0.1, -0.05) is 41.4 Å². The SMILES string of the molecule is C=CC(=O)N[C@H]1CCOC[C@H]1Nc1ncc2c(n1)-c1cc(Cl)cnc1N(c1c(Cl)c(OC)cc(OC)c1Cl)C2. The third-order valence-electron chi connectivity index (χ3n) is 6.54. The molecule has 2 aliphatic heterocycles. The molecule has 3 aromatic rings. The van der Waals surface area contributed by atoms with Gasteiger partial charge in [0.1, 0.15) is 27.4 Å². The van der Waals surface area contributed by atoms with Crippen LogP contribution in [-0.4, -0.2) is 60.4 Å². The second kappa shape index (κ2) is 11.4. The van der Waals surface area contributed by atoms with Gasteiger partial charge < -0.3 is 29.7 Å². The lowest BCUT2D eigenvalue weighted by molar-refractivity contribution is -0.117. The number of fused-ring (bicyclic) bond motifs is 3. The largest absolute Gasteiger partial charge is 0.495 e. The van der Waals surface area contributed by atoms with Crippen molar-refractivity contribution in [2.24, 2.45) is 0 Å². The van der Waals surface area contributed by atoms with Crippen LogP contribution in [0, 0.1) is 0 Å². The predicted octanol–water partition coefficient (Wildman–Crippen LogP) is 5.04. The third kappa shape index (κ3) is 5.29. The van der Waals surface area contributed by atoms with Crippen molar-refractivity contribution in [1.29, 1.82) is 0 Å². The maximum atomic E-state index is 11.9. The standard InChI is InChI=1S/C26H25Cl3N6O4/c1-4-20(36)32-16-5-6-39-12-17(16)33-26-31-9-13-11-35(25-15(23(13)34-26)7-14(27)10-30-25)24-21(28)18(37-2)8-19(38-3)22(24)29/h4,7-10,16-17H,1,5-6,11-12H2,2-3H3,(H,32,36)(H,31,33,34)/t16-,17+/m0/s1. The Kier molecular flexibility index (Phi) is 7.99. The van der Waals surface area contributed by atoms with Gasteiger partial charge in [-0.25, -0.2) is 15.0 Å². The van der Waals surface area contributed by atoms with Crippen LogP contribution in [0.15, 0.2) is 37.2 Å². The second-order valence-corrected chi connectivity index (χ2v) is 10.1. The van der Waals surface area contributed by atoms with Gasteiger partial charge in [-0.15, -0.1) is 0 Å². The monoisotopic (exact) mass is 590 g/mol. The Labute approximate surface area is 240 Å². The Bertz CT molecular complexity index is 1410. The number of hydrogen-bond donors (Lipinski definition) is 2. The van der Waals surface area contributed by atoms with E-state index in [1.165, 1.54) is 20.3 Å². The summed E-state index contributed by atoms with van der Waals surface area (Å²) >= 11 is 19.9.